The molecular weight excluding hydrogens is 358 g/mol. The number of rotatable bonds is 9. The lowest BCUT2D eigenvalue weighted by atomic mass is 9.98. The van der Waals surface area contributed by atoms with Crippen LogP contribution in [0.5, 0.6) is 0 Å². The smallest absolute Gasteiger partial charge is 0.217 e. The van der Waals surface area contributed by atoms with Crippen LogP contribution in [-0.2, 0) is 19.1 Å². The molecule has 0 aliphatic carbocycles. The van der Waals surface area contributed by atoms with Crippen LogP contribution in [-0.4, -0.2) is 116 Å². The quantitative estimate of drug-likeness (QED) is 0.176. The van der Waals surface area contributed by atoms with Crippen molar-refractivity contribution in [1.29, 1.82) is 0 Å². The van der Waals surface area contributed by atoms with Crippen molar-refractivity contribution in [2.24, 2.45) is 0 Å². The van der Waals surface area contributed by atoms with E-state index in [1.165, 1.54) is 0 Å². The maximum Gasteiger partial charge on any atom is 0.217 e. The average Bonchev–Trinajstić information content (AvgIpc) is 2.62. The van der Waals surface area contributed by atoms with E-state index in [0.29, 0.717) is 0 Å². The zero-order chi connectivity index (χ0) is 20.0. The molecule has 1 fully saturated rings. The van der Waals surface area contributed by atoms with Crippen LogP contribution in [0.3, 0.4) is 0 Å². The van der Waals surface area contributed by atoms with Crippen molar-refractivity contribution in [2.45, 2.75) is 62.0 Å². The minimum atomic E-state index is -1.86. The van der Waals surface area contributed by atoms with Gasteiger partial charge in [-0.3, -0.25) is 4.79 Å². The van der Waals surface area contributed by atoms with E-state index < -0.39 is 74.2 Å². The highest BCUT2D eigenvalue weighted by Crippen LogP contribution is 2.24. The first-order valence-electron chi connectivity index (χ1n) is 7.83. The fourth-order valence-electron chi connectivity index (χ4n) is 2.48. The van der Waals surface area contributed by atoms with Crippen LogP contribution >= 0.6 is 0 Å². The minimum Gasteiger partial charge on any atom is -0.394 e. The van der Waals surface area contributed by atoms with Crippen LogP contribution in [0, 0.1) is 0 Å². The Bertz CT molecular complexity index is 462. The maximum absolute atomic E-state index is 11.1. The summed E-state index contributed by atoms with van der Waals surface area (Å²) in [4.78, 5) is 22.2. The second kappa shape index (κ2) is 10.2. The number of amides is 1. The van der Waals surface area contributed by atoms with E-state index in [0.717, 1.165) is 6.92 Å². The van der Waals surface area contributed by atoms with Gasteiger partial charge in [0.25, 0.3) is 0 Å². The molecule has 0 aromatic heterocycles. The minimum absolute atomic E-state index is 0.180. The molecule has 1 aliphatic heterocycles. The van der Waals surface area contributed by atoms with Crippen molar-refractivity contribution in [2.75, 3.05) is 13.2 Å². The second-order valence-corrected chi connectivity index (χ2v) is 5.90. The molecule has 8 N–H and O–H groups in total. The zero-order valence-corrected chi connectivity index (χ0v) is 14.0. The predicted octanol–water partition coefficient (Wildman–Crippen LogP) is -5.41. The fourth-order valence-corrected chi connectivity index (χ4v) is 2.48. The number of aliphatic hydroxyl groups is 7. The van der Waals surface area contributed by atoms with Gasteiger partial charge in [-0.25, -0.2) is 0 Å². The first-order chi connectivity index (χ1) is 12.2. The Kier molecular flexibility index (Phi) is 8.95. The Balaban J connectivity index is 2.99. The topological polar surface area (TPSA) is 206 Å². The molecule has 1 unspecified atom stereocenters. The first kappa shape index (κ1) is 22.8. The summed E-state index contributed by atoms with van der Waals surface area (Å²) >= 11 is 0. The van der Waals surface area contributed by atoms with Gasteiger partial charge in [-0.15, -0.1) is 0 Å². The molecule has 152 valence electrons. The summed E-state index contributed by atoms with van der Waals surface area (Å²) in [7, 11) is 0. The molecule has 12 heteroatoms. The van der Waals surface area contributed by atoms with Gasteiger partial charge in [0, 0.05) is 6.92 Å². The van der Waals surface area contributed by atoms with Gasteiger partial charge >= 0.3 is 0 Å². The number of nitrogens with one attached hydrogen (secondary N) is 1. The third kappa shape index (κ3) is 5.39. The third-order valence-corrected chi connectivity index (χ3v) is 3.93. The lowest BCUT2D eigenvalue weighted by Crippen LogP contribution is -2.62. The first-order valence-corrected chi connectivity index (χ1v) is 7.83. The number of hydrogen-bond donors (Lipinski definition) is 8. The summed E-state index contributed by atoms with van der Waals surface area (Å²) in [6.07, 6.45) is -13.4. The van der Waals surface area contributed by atoms with Crippen molar-refractivity contribution in [3.8, 4) is 0 Å². The van der Waals surface area contributed by atoms with Crippen LogP contribution < -0.4 is 5.32 Å². The molecule has 1 heterocycles. The van der Waals surface area contributed by atoms with Gasteiger partial charge in [0.2, 0.25) is 5.91 Å². The van der Waals surface area contributed by atoms with E-state index in [-0.39, 0.29) is 6.29 Å². The summed E-state index contributed by atoms with van der Waals surface area (Å²) in [5.41, 5.74) is 0. The molecular formula is C14H25NO11. The summed E-state index contributed by atoms with van der Waals surface area (Å²) in [6, 6.07) is -1.51. The van der Waals surface area contributed by atoms with Gasteiger partial charge in [-0.05, 0) is 0 Å². The highest BCUT2D eigenvalue weighted by atomic mass is 16.7. The van der Waals surface area contributed by atoms with Gasteiger partial charge in [0.1, 0.15) is 55.1 Å². The Morgan fingerprint density at radius 2 is 1.81 bits per heavy atom. The van der Waals surface area contributed by atoms with Crippen LogP contribution in [0.4, 0.5) is 0 Å². The van der Waals surface area contributed by atoms with E-state index in [1.54, 1.807) is 0 Å². The Morgan fingerprint density at radius 1 is 1.19 bits per heavy atom. The molecule has 9 atom stereocenters. The highest BCUT2D eigenvalue weighted by molar-refractivity contribution is 5.77. The lowest BCUT2D eigenvalue weighted by molar-refractivity contribution is -0.324. The van der Waals surface area contributed by atoms with Crippen molar-refractivity contribution in [3.63, 3.8) is 0 Å². The number of ether oxygens (including phenoxy) is 2. The molecule has 0 aromatic carbocycles. The Morgan fingerprint density at radius 3 is 2.27 bits per heavy atom. The molecule has 0 aromatic rings. The van der Waals surface area contributed by atoms with Crippen molar-refractivity contribution in [3.05, 3.63) is 0 Å². The maximum atomic E-state index is 11.1. The number of aliphatic hydroxyl groups excluding tert-OH is 7. The van der Waals surface area contributed by atoms with E-state index in [9.17, 15) is 35.1 Å². The molecule has 1 amide bonds. The van der Waals surface area contributed by atoms with E-state index >= 15 is 0 Å². The highest BCUT2D eigenvalue weighted by Gasteiger charge is 2.46. The molecule has 1 saturated heterocycles. The summed E-state index contributed by atoms with van der Waals surface area (Å²) in [5, 5.41) is 69.9. The molecule has 0 saturated carbocycles. The monoisotopic (exact) mass is 383 g/mol. The van der Waals surface area contributed by atoms with Crippen LogP contribution in [0.15, 0.2) is 0 Å². The van der Waals surface area contributed by atoms with E-state index in [2.05, 4.69) is 5.32 Å². The summed E-state index contributed by atoms with van der Waals surface area (Å²) in [6.45, 7) is -0.562. The van der Waals surface area contributed by atoms with Gasteiger partial charge < -0.3 is 55.3 Å². The molecule has 1 aliphatic rings. The standard InChI is InChI=1S/C14H25NO11/c1-5(19)15-6(2-16)9(21)13(7(20)3-17)26-14-12(24)11(23)10(22)8(4-18)25-14/h2,6-14,17-18,20-24H,3-4H2,1H3,(H,15,19)/t6-,7+,8+,9+,10-,11-,12+,13+,14?/m0/s1. The number of carbonyl (C=O) groups excluding carboxylic acids is 2. The second-order valence-electron chi connectivity index (χ2n) is 5.90. The molecule has 12 nitrogen and oxygen atoms in total. The van der Waals surface area contributed by atoms with Gasteiger partial charge in [0.15, 0.2) is 6.29 Å². The van der Waals surface area contributed by atoms with Gasteiger partial charge in [-0.2, -0.15) is 0 Å². The third-order valence-electron chi connectivity index (χ3n) is 3.93. The largest absolute Gasteiger partial charge is 0.394 e. The van der Waals surface area contributed by atoms with Crippen molar-refractivity contribution >= 4 is 12.2 Å². The number of hydrogen-bond acceptors (Lipinski definition) is 11. The van der Waals surface area contributed by atoms with Crippen LogP contribution in [0.1, 0.15) is 6.92 Å². The normalized spacial score (nSPS) is 33.8. The molecule has 0 spiro atoms. The number of carbonyl (C=O) groups is 2. The SMILES string of the molecule is CC(=O)N[C@@H](C=O)[C@@H](O)[C@H](OC1O[C@H](CO)[C@H](O)[C@H](O)[C@H]1O)[C@H](O)CO. The molecule has 0 bridgehead atoms. The van der Waals surface area contributed by atoms with E-state index in [1.807, 2.05) is 0 Å². The van der Waals surface area contributed by atoms with Crippen LogP contribution in [0.2, 0.25) is 0 Å². The van der Waals surface area contributed by atoms with Crippen LogP contribution in [0.25, 0.3) is 0 Å². The van der Waals surface area contributed by atoms with E-state index in [4.69, 9.17) is 19.7 Å². The molecule has 0 radical (unpaired) electrons. The summed E-state index contributed by atoms with van der Waals surface area (Å²) in [5.74, 6) is -0.661. The van der Waals surface area contributed by atoms with Gasteiger partial charge in [0.05, 0.1) is 13.2 Å². The summed E-state index contributed by atoms with van der Waals surface area (Å²) < 4.78 is 10.3. The molecule has 1 rings (SSSR count). The Hall–Kier alpha value is -1.22. The van der Waals surface area contributed by atoms with Crippen molar-refractivity contribution in [1.82, 2.24) is 5.32 Å². The molecule has 26 heavy (non-hydrogen) atoms. The fraction of sp³-hybridized carbons (Fsp3) is 0.857. The van der Waals surface area contributed by atoms with Crippen molar-refractivity contribution < 1.29 is 54.8 Å². The predicted molar refractivity (Wildman–Crippen MR) is 81.4 cm³/mol. The Labute approximate surface area is 148 Å². The lowest BCUT2D eigenvalue weighted by Gasteiger charge is -2.42. The van der Waals surface area contributed by atoms with Gasteiger partial charge in [-0.1, -0.05) is 0 Å². The zero-order valence-electron chi connectivity index (χ0n) is 14.0. The average molecular weight is 383 g/mol. The number of aldehydes is 1.